The van der Waals surface area contributed by atoms with E-state index in [-0.39, 0.29) is 5.91 Å². The van der Waals surface area contributed by atoms with E-state index in [4.69, 9.17) is 4.74 Å². The molecule has 0 unspecified atom stereocenters. The van der Waals surface area contributed by atoms with Crippen molar-refractivity contribution in [2.24, 2.45) is 7.05 Å². The third kappa shape index (κ3) is 4.34. The number of nitrogens with one attached hydrogen (secondary N) is 1. The van der Waals surface area contributed by atoms with Crippen molar-refractivity contribution in [2.45, 2.75) is 26.3 Å². The highest BCUT2D eigenvalue weighted by atomic mass is 16.5. The number of amides is 1. The van der Waals surface area contributed by atoms with Gasteiger partial charge in [0.1, 0.15) is 5.75 Å². The smallest absolute Gasteiger partial charge is 0.220 e. The molecule has 0 spiro atoms. The molecule has 0 bridgehead atoms. The van der Waals surface area contributed by atoms with Crippen molar-refractivity contribution in [3.8, 4) is 5.75 Å². The lowest BCUT2D eigenvalue weighted by Gasteiger charge is -2.07. The summed E-state index contributed by atoms with van der Waals surface area (Å²) in [6.45, 7) is 2.48. The van der Waals surface area contributed by atoms with Crippen LogP contribution in [0.1, 0.15) is 23.2 Å². The molecule has 1 aromatic heterocycles. The van der Waals surface area contributed by atoms with Gasteiger partial charge in [-0.15, -0.1) is 0 Å². The van der Waals surface area contributed by atoms with E-state index in [2.05, 4.69) is 10.4 Å². The third-order valence-electron chi connectivity index (χ3n) is 3.36. The number of benzene rings is 1. The second-order valence-electron chi connectivity index (χ2n) is 5.04. The first-order chi connectivity index (χ1) is 10.1. The molecular weight excluding hydrogens is 266 g/mol. The molecule has 21 heavy (non-hydrogen) atoms. The summed E-state index contributed by atoms with van der Waals surface area (Å²) in [5.74, 6) is 0.841. The van der Waals surface area contributed by atoms with Crippen molar-refractivity contribution in [2.75, 3.05) is 7.11 Å². The van der Waals surface area contributed by atoms with Crippen molar-refractivity contribution in [3.05, 3.63) is 47.3 Å². The van der Waals surface area contributed by atoms with E-state index in [1.807, 2.05) is 44.4 Å². The maximum absolute atomic E-state index is 11.9. The Hall–Kier alpha value is -2.30. The molecule has 112 valence electrons. The number of ether oxygens (including phenoxy) is 1. The molecule has 0 aliphatic carbocycles. The highest BCUT2D eigenvalue weighted by molar-refractivity contribution is 5.76. The second-order valence-corrected chi connectivity index (χ2v) is 5.04. The quantitative estimate of drug-likeness (QED) is 0.884. The number of carbonyl (C=O) groups is 1. The molecule has 0 fully saturated rings. The molecule has 2 aromatic rings. The van der Waals surface area contributed by atoms with Gasteiger partial charge in [-0.3, -0.25) is 9.48 Å². The van der Waals surface area contributed by atoms with Crippen molar-refractivity contribution < 1.29 is 9.53 Å². The zero-order valence-corrected chi connectivity index (χ0v) is 12.7. The fourth-order valence-corrected chi connectivity index (χ4v) is 2.21. The van der Waals surface area contributed by atoms with E-state index in [0.29, 0.717) is 19.4 Å². The fourth-order valence-electron chi connectivity index (χ4n) is 2.21. The van der Waals surface area contributed by atoms with Crippen LogP contribution in [0.2, 0.25) is 0 Å². The minimum absolute atomic E-state index is 0.0427. The number of rotatable bonds is 6. The van der Waals surface area contributed by atoms with Crippen molar-refractivity contribution >= 4 is 5.91 Å². The van der Waals surface area contributed by atoms with Crippen LogP contribution in [0.5, 0.6) is 5.75 Å². The molecule has 1 heterocycles. The standard InChI is InChI=1S/C16H21N3O2/c1-12-14(11-19(2)18-12)7-8-16(20)17-10-13-5-4-6-15(9-13)21-3/h4-6,9,11H,7-8,10H2,1-3H3,(H,17,20). The SMILES string of the molecule is COc1cccc(CNC(=O)CCc2cn(C)nc2C)c1. The Kier molecular flexibility index (Phi) is 4.98. The number of hydrogen-bond donors (Lipinski definition) is 1. The number of aryl methyl sites for hydroxylation is 3. The molecule has 1 aromatic carbocycles. The van der Waals surface area contributed by atoms with Crippen LogP contribution in [0.25, 0.3) is 0 Å². The lowest BCUT2D eigenvalue weighted by molar-refractivity contribution is -0.121. The summed E-state index contributed by atoms with van der Waals surface area (Å²) in [5.41, 5.74) is 3.13. The molecule has 1 N–H and O–H groups in total. The van der Waals surface area contributed by atoms with Gasteiger partial charge in [-0.2, -0.15) is 5.10 Å². The molecule has 0 aliphatic rings. The second kappa shape index (κ2) is 6.92. The van der Waals surface area contributed by atoms with E-state index >= 15 is 0 Å². The highest BCUT2D eigenvalue weighted by Gasteiger charge is 2.07. The largest absolute Gasteiger partial charge is 0.497 e. The van der Waals surface area contributed by atoms with Gasteiger partial charge in [-0.25, -0.2) is 0 Å². The van der Waals surface area contributed by atoms with Gasteiger partial charge in [0.2, 0.25) is 5.91 Å². The topological polar surface area (TPSA) is 56.1 Å². The van der Waals surface area contributed by atoms with Crippen LogP contribution in [0.3, 0.4) is 0 Å². The zero-order chi connectivity index (χ0) is 15.2. The zero-order valence-electron chi connectivity index (χ0n) is 12.7. The lowest BCUT2D eigenvalue weighted by atomic mass is 10.1. The molecule has 0 atom stereocenters. The summed E-state index contributed by atoms with van der Waals surface area (Å²) in [4.78, 5) is 11.9. The van der Waals surface area contributed by atoms with Crippen LogP contribution >= 0.6 is 0 Å². The van der Waals surface area contributed by atoms with Crippen LogP contribution < -0.4 is 10.1 Å². The predicted molar refractivity (Wildman–Crippen MR) is 81.1 cm³/mol. The maximum Gasteiger partial charge on any atom is 0.220 e. The Morgan fingerprint density at radius 1 is 1.43 bits per heavy atom. The number of aromatic nitrogens is 2. The van der Waals surface area contributed by atoms with Crippen molar-refractivity contribution in [1.29, 1.82) is 0 Å². The monoisotopic (exact) mass is 287 g/mol. The van der Waals surface area contributed by atoms with Gasteiger partial charge in [0, 0.05) is 26.2 Å². The summed E-state index contributed by atoms with van der Waals surface area (Å²) in [7, 11) is 3.52. The minimum Gasteiger partial charge on any atom is -0.497 e. The summed E-state index contributed by atoms with van der Waals surface area (Å²) in [6.07, 6.45) is 3.14. The number of nitrogens with zero attached hydrogens (tertiary/aromatic N) is 2. The van der Waals surface area contributed by atoms with E-state index in [1.165, 1.54) is 0 Å². The Balaban J connectivity index is 1.80. The van der Waals surface area contributed by atoms with Crippen LogP contribution in [0.4, 0.5) is 0 Å². The van der Waals surface area contributed by atoms with Crippen LogP contribution in [-0.2, 0) is 24.8 Å². The number of carbonyl (C=O) groups excluding carboxylic acids is 1. The minimum atomic E-state index is 0.0427. The van der Waals surface area contributed by atoms with Gasteiger partial charge in [0.15, 0.2) is 0 Å². The summed E-state index contributed by atoms with van der Waals surface area (Å²) in [5, 5.41) is 7.20. The first kappa shape index (κ1) is 15.1. The molecule has 0 saturated heterocycles. The van der Waals surface area contributed by atoms with E-state index in [1.54, 1.807) is 11.8 Å². The molecular formula is C16H21N3O2. The number of hydrogen-bond acceptors (Lipinski definition) is 3. The van der Waals surface area contributed by atoms with Crippen molar-refractivity contribution in [1.82, 2.24) is 15.1 Å². The molecule has 5 heteroatoms. The molecule has 5 nitrogen and oxygen atoms in total. The Labute approximate surface area is 124 Å². The Morgan fingerprint density at radius 2 is 2.24 bits per heavy atom. The van der Waals surface area contributed by atoms with Gasteiger partial charge < -0.3 is 10.1 Å². The summed E-state index contributed by atoms with van der Waals surface area (Å²) < 4.78 is 6.94. The normalized spacial score (nSPS) is 10.4. The Bertz CT molecular complexity index is 620. The predicted octanol–water partition coefficient (Wildman–Crippen LogP) is 1.99. The molecule has 0 radical (unpaired) electrons. The molecule has 1 amide bonds. The molecule has 0 saturated carbocycles. The first-order valence-electron chi connectivity index (χ1n) is 6.97. The van der Waals surface area contributed by atoms with Crippen LogP contribution in [-0.4, -0.2) is 22.8 Å². The average molecular weight is 287 g/mol. The van der Waals surface area contributed by atoms with Gasteiger partial charge in [-0.1, -0.05) is 12.1 Å². The van der Waals surface area contributed by atoms with Gasteiger partial charge in [0.05, 0.1) is 12.8 Å². The Morgan fingerprint density at radius 3 is 2.90 bits per heavy atom. The van der Waals surface area contributed by atoms with Crippen LogP contribution in [0, 0.1) is 6.92 Å². The van der Waals surface area contributed by atoms with Gasteiger partial charge in [-0.05, 0) is 36.6 Å². The van der Waals surface area contributed by atoms with E-state index < -0.39 is 0 Å². The molecule has 2 rings (SSSR count). The average Bonchev–Trinajstić information content (AvgIpc) is 2.81. The summed E-state index contributed by atoms with van der Waals surface area (Å²) >= 11 is 0. The van der Waals surface area contributed by atoms with E-state index in [0.717, 1.165) is 22.6 Å². The first-order valence-corrected chi connectivity index (χ1v) is 6.97. The van der Waals surface area contributed by atoms with E-state index in [9.17, 15) is 4.79 Å². The van der Waals surface area contributed by atoms with Gasteiger partial charge >= 0.3 is 0 Å². The molecule has 0 aliphatic heterocycles. The summed E-state index contributed by atoms with van der Waals surface area (Å²) in [6, 6.07) is 7.69. The lowest BCUT2D eigenvalue weighted by Crippen LogP contribution is -2.23. The number of methoxy groups -OCH3 is 1. The maximum atomic E-state index is 11.9. The van der Waals surface area contributed by atoms with Crippen molar-refractivity contribution in [3.63, 3.8) is 0 Å². The highest BCUT2D eigenvalue weighted by Crippen LogP contribution is 2.12. The third-order valence-corrected chi connectivity index (χ3v) is 3.36. The fraction of sp³-hybridized carbons (Fsp3) is 0.375. The van der Waals surface area contributed by atoms with Crippen LogP contribution in [0.15, 0.2) is 30.5 Å². The van der Waals surface area contributed by atoms with Gasteiger partial charge in [0.25, 0.3) is 0 Å².